The molecule has 1 amide bonds. The number of nitrogens with zero attached hydrogens (tertiary/aromatic N) is 4. The lowest BCUT2D eigenvalue weighted by molar-refractivity contribution is 0.102. The Morgan fingerprint density at radius 1 is 1.50 bits per heavy atom. The quantitative estimate of drug-likeness (QED) is 0.895. The van der Waals surface area contributed by atoms with Crippen LogP contribution in [-0.2, 0) is 11.3 Å². The Bertz CT molecular complexity index is 705. The third kappa shape index (κ3) is 4.07. The Morgan fingerprint density at radius 2 is 2.38 bits per heavy atom. The number of hydrogen-bond donors (Lipinski definition) is 1. The third-order valence-electron chi connectivity index (χ3n) is 3.94. The van der Waals surface area contributed by atoms with Gasteiger partial charge < -0.3 is 9.64 Å². The zero-order valence-corrected chi connectivity index (χ0v) is 14.7. The summed E-state index contributed by atoms with van der Waals surface area (Å²) in [5.41, 5.74) is 0.571. The van der Waals surface area contributed by atoms with Gasteiger partial charge in [0.25, 0.3) is 5.91 Å². The molecule has 2 aromatic heterocycles. The normalized spacial score (nSPS) is 17.8. The molecular weight excluding hydrogens is 326 g/mol. The number of rotatable bonds is 5. The van der Waals surface area contributed by atoms with E-state index in [9.17, 15) is 4.79 Å². The number of ether oxygens (including phenoxy) is 1. The van der Waals surface area contributed by atoms with E-state index in [4.69, 9.17) is 4.74 Å². The maximum absolute atomic E-state index is 12.4. The molecule has 1 aliphatic heterocycles. The van der Waals surface area contributed by atoms with Crippen molar-refractivity contribution in [3.8, 4) is 0 Å². The fraction of sp³-hybridized carbons (Fsp3) is 0.500. The van der Waals surface area contributed by atoms with Gasteiger partial charge in [-0.15, -0.1) is 10.2 Å². The molecule has 3 heterocycles. The number of aromatic nitrogens is 3. The maximum Gasteiger partial charge on any atom is 0.257 e. The van der Waals surface area contributed by atoms with Gasteiger partial charge in [-0.2, -0.15) is 0 Å². The van der Waals surface area contributed by atoms with Gasteiger partial charge in [0.15, 0.2) is 0 Å². The van der Waals surface area contributed by atoms with Crippen molar-refractivity contribution in [2.24, 2.45) is 5.92 Å². The van der Waals surface area contributed by atoms with Gasteiger partial charge in [-0.25, -0.2) is 4.98 Å². The Balaban J connectivity index is 1.69. The van der Waals surface area contributed by atoms with E-state index in [1.807, 2.05) is 6.07 Å². The van der Waals surface area contributed by atoms with Gasteiger partial charge >= 0.3 is 0 Å². The zero-order valence-electron chi connectivity index (χ0n) is 13.9. The van der Waals surface area contributed by atoms with E-state index in [1.165, 1.54) is 17.8 Å². The Morgan fingerprint density at radius 3 is 3.17 bits per heavy atom. The number of amides is 1. The molecule has 1 atom stereocenters. The first kappa shape index (κ1) is 16.8. The summed E-state index contributed by atoms with van der Waals surface area (Å²) in [7, 11) is 1.60. The van der Waals surface area contributed by atoms with Crippen molar-refractivity contribution in [2.75, 3.05) is 30.4 Å². The first-order valence-corrected chi connectivity index (χ1v) is 8.81. The number of piperidine rings is 1. The predicted molar refractivity (Wildman–Crippen MR) is 93.4 cm³/mol. The van der Waals surface area contributed by atoms with Crippen LogP contribution in [0.5, 0.6) is 0 Å². The molecule has 1 aliphatic rings. The van der Waals surface area contributed by atoms with Crippen LogP contribution in [-0.4, -0.2) is 41.3 Å². The van der Waals surface area contributed by atoms with Gasteiger partial charge in [-0.05, 0) is 30.9 Å². The minimum absolute atomic E-state index is 0.205. The topological polar surface area (TPSA) is 80.2 Å². The van der Waals surface area contributed by atoms with Gasteiger partial charge in [-0.3, -0.25) is 10.1 Å². The number of pyridine rings is 1. The van der Waals surface area contributed by atoms with Gasteiger partial charge in [0.05, 0.1) is 0 Å². The third-order valence-corrected chi connectivity index (χ3v) is 4.76. The highest BCUT2D eigenvalue weighted by molar-refractivity contribution is 7.15. The maximum atomic E-state index is 12.4. The fourth-order valence-electron chi connectivity index (χ4n) is 2.79. The minimum Gasteiger partial charge on any atom is -0.377 e. The van der Waals surface area contributed by atoms with Gasteiger partial charge in [0, 0.05) is 32.0 Å². The van der Waals surface area contributed by atoms with Crippen molar-refractivity contribution < 1.29 is 9.53 Å². The molecule has 1 saturated heterocycles. The molecule has 1 N–H and O–H groups in total. The van der Waals surface area contributed by atoms with Crippen molar-refractivity contribution in [3.05, 3.63) is 28.9 Å². The highest BCUT2D eigenvalue weighted by Gasteiger charge is 2.19. The number of nitrogens with one attached hydrogen (secondary N) is 1. The van der Waals surface area contributed by atoms with Crippen molar-refractivity contribution in [2.45, 2.75) is 26.4 Å². The number of anilines is 2. The first-order valence-electron chi connectivity index (χ1n) is 7.99. The van der Waals surface area contributed by atoms with Crippen LogP contribution >= 0.6 is 11.3 Å². The van der Waals surface area contributed by atoms with Crippen LogP contribution in [0.25, 0.3) is 0 Å². The van der Waals surface area contributed by atoms with E-state index in [-0.39, 0.29) is 5.91 Å². The molecule has 0 bridgehead atoms. The molecule has 1 unspecified atom stereocenters. The summed E-state index contributed by atoms with van der Waals surface area (Å²) in [6, 6.07) is 3.55. The fourth-order valence-corrected chi connectivity index (χ4v) is 3.49. The summed E-state index contributed by atoms with van der Waals surface area (Å²) in [6.45, 7) is 4.60. The molecule has 2 aromatic rings. The average Bonchev–Trinajstić information content (AvgIpc) is 3.02. The van der Waals surface area contributed by atoms with E-state index < -0.39 is 0 Å². The van der Waals surface area contributed by atoms with Gasteiger partial charge in [0.2, 0.25) is 5.13 Å². The standard InChI is InChI=1S/C16H21N5O2S/c1-11-4-3-7-21(9-11)13-8-12(5-6-17-13)15(22)18-16-20-19-14(24-16)10-23-2/h5-6,8,11H,3-4,7,9-10H2,1-2H3,(H,18,20,22). The summed E-state index contributed by atoms with van der Waals surface area (Å²) < 4.78 is 5.00. The summed E-state index contributed by atoms with van der Waals surface area (Å²) in [4.78, 5) is 19.1. The zero-order chi connectivity index (χ0) is 16.9. The van der Waals surface area contributed by atoms with Crippen molar-refractivity contribution in [1.82, 2.24) is 15.2 Å². The highest BCUT2D eigenvalue weighted by Crippen LogP contribution is 2.22. The lowest BCUT2D eigenvalue weighted by atomic mass is 10.0. The lowest BCUT2D eigenvalue weighted by Crippen LogP contribution is -2.34. The molecular formula is C16H21N5O2S. The van der Waals surface area contributed by atoms with Crippen LogP contribution in [0.1, 0.15) is 35.1 Å². The largest absolute Gasteiger partial charge is 0.377 e. The molecule has 0 spiro atoms. The summed E-state index contributed by atoms with van der Waals surface area (Å²) in [6.07, 6.45) is 4.09. The first-order chi connectivity index (χ1) is 11.7. The molecule has 0 aliphatic carbocycles. The molecule has 0 saturated carbocycles. The van der Waals surface area contributed by atoms with Crippen LogP contribution < -0.4 is 10.2 Å². The van der Waals surface area contributed by atoms with E-state index in [2.05, 4.69) is 32.3 Å². The second-order valence-corrected chi connectivity index (χ2v) is 7.05. The number of hydrogen-bond acceptors (Lipinski definition) is 7. The van der Waals surface area contributed by atoms with Gasteiger partial charge in [-0.1, -0.05) is 18.3 Å². The lowest BCUT2D eigenvalue weighted by Gasteiger charge is -2.31. The Hall–Kier alpha value is -2.06. The van der Waals surface area contributed by atoms with Gasteiger partial charge in [0.1, 0.15) is 17.4 Å². The number of methoxy groups -OCH3 is 1. The van der Waals surface area contributed by atoms with E-state index in [0.717, 1.165) is 30.3 Å². The van der Waals surface area contributed by atoms with Crippen LogP contribution in [0.15, 0.2) is 18.3 Å². The Kier molecular flexibility index (Phi) is 5.37. The molecule has 0 aromatic carbocycles. The van der Waals surface area contributed by atoms with E-state index >= 15 is 0 Å². The molecule has 3 rings (SSSR count). The summed E-state index contributed by atoms with van der Waals surface area (Å²) in [5, 5.41) is 11.9. The van der Waals surface area contributed by atoms with Crippen LogP contribution in [0.4, 0.5) is 10.9 Å². The minimum atomic E-state index is -0.205. The highest BCUT2D eigenvalue weighted by atomic mass is 32.1. The van der Waals surface area contributed by atoms with E-state index in [0.29, 0.717) is 23.2 Å². The summed E-state index contributed by atoms with van der Waals surface area (Å²) >= 11 is 1.31. The Labute approximate surface area is 145 Å². The van der Waals surface area contributed by atoms with Crippen LogP contribution in [0.3, 0.4) is 0 Å². The molecule has 7 nitrogen and oxygen atoms in total. The predicted octanol–water partition coefficient (Wildman–Crippen LogP) is 2.57. The van der Waals surface area contributed by atoms with E-state index in [1.54, 1.807) is 19.4 Å². The average molecular weight is 347 g/mol. The number of carbonyl (C=O) groups excluding carboxylic acids is 1. The second kappa shape index (κ2) is 7.67. The smallest absolute Gasteiger partial charge is 0.257 e. The SMILES string of the molecule is COCc1nnc(NC(=O)c2ccnc(N3CCCC(C)C3)c2)s1. The molecule has 0 radical (unpaired) electrons. The monoisotopic (exact) mass is 347 g/mol. The van der Waals surface area contributed by atoms with Crippen molar-refractivity contribution in [1.29, 1.82) is 0 Å². The second-order valence-electron chi connectivity index (χ2n) is 5.98. The molecule has 128 valence electrons. The number of carbonyl (C=O) groups is 1. The van der Waals surface area contributed by atoms with Crippen LogP contribution in [0, 0.1) is 5.92 Å². The molecule has 1 fully saturated rings. The van der Waals surface area contributed by atoms with Crippen LogP contribution in [0.2, 0.25) is 0 Å². The molecule has 8 heteroatoms. The van der Waals surface area contributed by atoms with Crippen molar-refractivity contribution in [3.63, 3.8) is 0 Å². The summed E-state index contributed by atoms with van der Waals surface area (Å²) in [5.74, 6) is 1.30. The van der Waals surface area contributed by atoms with Crippen molar-refractivity contribution >= 4 is 28.2 Å². The molecule has 24 heavy (non-hydrogen) atoms.